The average Bonchev–Trinajstić information content (AvgIpc) is 1.80. The minimum absolute atomic E-state index is 0.920. The van der Waals surface area contributed by atoms with Gasteiger partial charge in [-0.2, -0.15) is 26.3 Å². The molecule has 0 spiro atoms. The van der Waals surface area contributed by atoms with E-state index in [1.807, 2.05) is 0 Å². The van der Waals surface area contributed by atoms with Gasteiger partial charge in [0.1, 0.15) is 0 Å². The highest BCUT2D eigenvalue weighted by Gasteiger charge is 2.57. The molecule has 0 N–H and O–H groups in total. The van der Waals surface area contributed by atoms with Crippen LogP contribution in [0.1, 0.15) is 0 Å². The van der Waals surface area contributed by atoms with E-state index in [0.29, 0.717) is 0 Å². The maximum Gasteiger partial charge on any atom is 0.469 e. The Labute approximate surface area is 82.0 Å². The third-order valence-electron chi connectivity index (χ3n) is 0.954. The Kier molecular flexibility index (Phi) is 4.22. The average molecular weight is 325 g/mol. The molecule has 0 aromatic rings. The van der Waals surface area contributed by atoms with Crippen LogP contribution in [-0.2, 0) is 0 Å². The van der Waals surface area contributed by atoms with Crippen LogP contribution >= 0.6 is 22.6 Å². The van der Waals surface area contributed by atoms with E-state index in [0.717, 1.165) is 22.6 Å². The van der Waals surface area contributed by atoms with E-state index in [-0.39, 0.29) is 0 Å². The maximum absolute atomic E-state index is 12.3. The van der Waals surface area contributed by atoms with Gasteiger partial charge in [0, 0.05) is 4.43 Å². The van der Waals surface area contributed by atoms with E-state index < -0.39 is 28.2 Å². The van der Waals surface area contributed by atoms with Gasteiger partial charge in [0.15, 0.2) is 6.30 Å². The Balaban J connectivity index is 4.78. The monoisotopic (exact) mass is 325 g/mol. The minimum Gasteiger partial charge on any atom is -0.229 e. The lowest BCUT2D eigenvalue weighted by molar-refractivity contribution is -0.393. The van der Waals surface area contributed by atoms with Gasteiger partial charge < -0.3 is 0 Å². The van der Waals surface area contributed by atoms with Gasteiger partial charge >= 0.3 is 12.6 Å². The molecule has 0 aromatic carbocycles. The summed E-state index contributed by atoms with van der Waals surface area (Å²) < 4.78 is 81.0. The summed E-state index contributed by atoms with van der Waals surface area (Å²) in [6.45, 7) is 0. The molecule has 9 heteroatoms. The smallest absolute Gasteiger partial charge is 0.229 e. The molecule has 80 valence electrons. The number of hydrogen-bond donors (Lipinski definition) is 0. The Morgan fingerprint density at radius 1 is 1.00 bits per heavy atom. The zero-order valence-electron chi connectivity index (χ0n) is 5.76. The molecule has 0 saturated carbocycles. The van der Waals surface area contributed by atoms with Gasteiger partial charge in [0.2, 0.25) is 0 Å². The van der Waals surface area contributed by atoms with Crippen LogP contribution in [0.3, 0.4) is 0 Å². The number of halogens is 8. The van der Waals surface area contributed by atoms with Crippen molar-refractivity contribution in [3.63, 3.8) is 0 Å². The summed E-state index contributed by atoms with van der Waals surface area (Å²) in [7, 11) is 0. The molecule has 1 unspecified atom stereocenters. The lowest BCUT2D eigenvalue weighted by Gasteiger charge is -2.28. The van der Waals surface area contributed by atoms with Crippen molar-refractivity contribution in [1.29, 1.82) is 0 Å². The summed E-state index contributed by atoms with van der Waals surface area (Å²) in [5, 5.41) is 0. The Bertz CT molecular complexity index is 149. The molecule has 0 heterocycles. The molecule has 1 nitrogen and oxygen atoms in total. The predicted molar refractivity (Wildman–Crippen MR) is 37.7 cm³/mol. The van der Waals surface area contributed by atoms with Gasteiger partial charge in [0.25, 0.3) is 0 Å². The summed E-state index contributed by atoms with van der Waals surface area (Å²) in [5.74, 6) is 0. The van der Waals surface area contributed by atoms with Crippen molar-refractivity contribution in [2.75, 3.05) is 4.43 Å². The zero-order valence-corrected chi connectivity index (χ0v) is 7.91. The minimum atomic E-state index is -5.75. The molecular formula is C4H3F7IN. The van der Waals surface area contributed by atoms with Crippen molar-refractivity contribution < 1.29 is 30.7 Å². The second-order valence-corrected chi connectivity index (χ2v) is 2.78. The van der Waals surface area contributed by atoms with Crippen LogP contribution in [0.4, 0.5) is 30.7 Å². The van der Waals surface area contributed by atoms with Crippen molar-refractivity contribution in [1.82, 2.24) is 4.90 Å². The zero-order chi connectivity index (χ0) is 10.9. The molecule has 0 rings (SSSR count). The summed E-state index contributed by atoms with van der Waals surface area (Å²) in [4.78, 5) is -2.08. The van der Waals surface area contributed by atoms with Crippen LogP contribution in [-0.4, -0.2) is 28.2 Å². The molecule has 0 fully saturated rings. The quantitative estimate of drug-likeness (QED) is 0.326. The van der Waals surface area contributed by atoms with Crippen LogP contribution in [0.15, 0.2) is 0 Å². The molecule has 0 radical (unpaired) electrons. The third-order valence-corrected chi connectivity index (χ3v) is 1.68. The van der Waals surface area contributed by atoms with E-state index in [4.69, 9.17) is 0 Å². The summed E-state index contributed by atoms with van der Waals surface area (Å²) in [6.07, 6.45) is -14.6. The van der Waals surface area contributed by atoms with Crippen LogP contribution in [0.2, 0.25) is 0 Å². The van der Waals surface area contributed by atoms with Gasteiger partial charge in [-0.3, -0.25) is 0 Å². The number of hydrogen-bond acceptors (Lipinski definition) is 1. The number of rotatable bonds is 2. The van der Waals surface area contributed by atoms with Gasteiger partial charge in [-0.1, -0.05) is 27.5 Å². The molecule has 0 saturated heterocycles. The lowest BCUT2D eigenvalue weighted by Crippen LogP contribution is -2.52. The van der Waals surface area contributed by atoms with Crippen molar-refractivity contribution in [3.8, 4) is 0 Å². The largest absolute Gasteiger partial charge is 0.469 e. The predicted octanol–water partition coefficient (Wildman–Crippen LogP) is 3.06. The Hall–Kier alpha value is 0.200. The van der Waals surface area contributed by atoms with Gasteiger partial charge in [-0.05, 0) is 0 Å². The molecule has 0 amide bonds. The fraction of sp³-hybridized carbons (Fsp3) is 1.00. The summed E-state index contributed by atoms with van der Waals surface area (Å²) in [5.41, 5.74) is 0. The Morgan fingerprint density at radius 2 is 1.31 bits per heavy atom. The standard InChI is InChI=1S/C4H3F7IN/c5-2(1-12)13(3(6,7)8)4(9,10)11/h2H,1H2. The number of alkyl halides is 8. The topological polar surface area (TPSA) is 3.24 Å². The van der Waals surface area contributed by atoms with Crippen molar-refractivity contribution >= 4 is 22.6 Å². The number of nitrogens with zero attached hydrogens (tertiary/aromatic N) is 1. The fourth-order valence-corrected chi connectivity index (χ4v) is 0.924. The molecule has 0 aliphatic rings. The highest BCUT2D eigenvalue weighted by Crippen LogP contribution is 2.36. The van der Waals surface area contributed by atoms with E-state index >= 15 is 0 Å². The van der Waals surface area contributed by atoms with E-state index in [1.165, 1.54) is 0 Å². The highest BCUT2D eigenvalue weighted by atomic mass is 127. The molecule has 1 atom stereocenters. The first-order chi connectivity index (χ1) is 5.60. The maximum atomic E-state index is 12.3. The van der Waals surface area contributed by atoms with Crippen molar-refractivity contribution in [3.05, 3.63) is 0 Å². The molecule has 0 aliphatic carbocycles. The van der Waals surface area contributed by atoms with Crippen LogP contribution in [0.25, 0.3) is 0 Å². The normalized spacial score (nSPS) is 16.4. The van der Waals surface area contributed by atoms with Crippen molar-refractivity contribution in [2.45, 2.75) is 18.9 Å². The molecule has 0 aliphatic heterocycles. The first kappa shape index (κ1) is 13.2. The second-order valence-electron chi connectivity index (χ2n) is 1.89. The van der Waals surface area contributed by atoms with E-state index in [2.05, 4.69) is 0 Å². The van der Waals surface area contributed by atoms with Crippen LogP contribution in [0, 0.1) is 0 Å². The van der Waals surface area contributed by atoms with Gasteiger partial charge in [-0.15, -0.1) is 0 Å². The molecule has 13 heavy (non-hydrogen) atoms. The first-order valence-corrected chi connectivity index (χ1v) is 4.26. The SMILES string of the molecule is FC(CI)N(C(F)(F)F)C(F)(F)F. The third kappa shape index (κ3) is 3.83. The second kappa shape index (κ2) is 4.15. The van der Waals surface area contributed by atoms with Gasteiger partial charge in [0.05, 0.1) is 0 Å². The molecular weight excluding hydrogens is 322 g/mol. The summed E-state index contributed by atoms with van der Waals surface area (Å²) >= 11 is 1.09. The first-order valence-electron chi connectivity index (χ1n) is 2.73. The Morgan fingerprint density at radius 3 is 1.38 bits per heavy atom. The highest BCUT2D eigenvalue weighted by molar-refractivity contribution is 14.1. The van der Waals surface area contributed by atoms with Crippen LogP contribution in [0.5, 0.6) is 0 Å². The van der Waals surface area contributed by atoms with E-state index in [9.17, 15) is 30.7 Å². The summed E-state index contributed by atoms with van der Waals surface area (Å²) in [6, 6.07) is 0. The fourth-order valence-electron chi connectivity index (χ4n) is 0.530. The van der Waals surface area contributed by atoms with Crippen LogP contribution < -0.4 is 0 Å². The lowest BCUT2D eigenvalue weighted by atomic mass is 10.6. The molecule has 0 aromatic heterocycles. The van der Waals surface area contributed by atoms with E-state index in [1.54, 1.807) is 0 Å². The van der Waals surface area contributed by atoms with Crippen molar-refractivity contribution in [2.24, 2.45) is 0 Å². The molecule has 0 bridgehead atoms. The van der Waals surface area contributed by atoms with Gasteiger partial charge in [-0.25, -0.2) is 4.39 Å².